The fourth-order valence-corrected chi connectivity index (χ4v) is 6.96. The second-order valence-electron chi connectivity index (χ2n) is 12.3. The summed E-state index contributed by atoms with van der Waals surface area (Å²) in [6.45, 7) is 1.95. The first-order valence-corrected chi connectivity index (χ1v) is 16.2. The number of hydrogen-bond acceptors (Lipinski definition) is 7. The predicted octanol–water partition coefficient (Wildman–Crippen LogP) is 5.47. The molecule has 1 saturated heterocycles. The van der Waals surface area contributed by atoms with Crippen molar-refractivity contribution in [1.82, 2.24) is 10.2 Å². The van der Waals surface area contributed by atoms with E-state index in [4.69, 9.17) is 14.2 Å². The summed E-state index contributed by atoms with van der Waals surface area (Å²) in [5, 5.41) is 14.5. The number of carbonyl (C=O) groups excluding carboxylic acids is 2. The summed E-state index contributed by atoms with van der Waals surface area (Å²) in [7, 11) is 0. The molecule has 8 heteroatoms. The third-order valence-electron chi connectivity index (χ3n) is 9.24. The van der Waals surface area contributed by atoms with Crippen LogP contribution in [0.5, 0.6) is 5.75 Å². The van der Waals surface area contributed by atoms with E-state index < -0.39 is 30.1 Å². The van der Waals surface area contributed by atoms with Gasteiger partial charge in [0.25, 0.3) is 5.91 Å². The number of allylic oxidation sites excluding steroid dienone is 1. The van der Waals surface area contributed by atoms with Gasteiger partial charge >= 0.3 is 5.97 Å². The second kappa shape index (κ2) is 13.9. The van der Waals surface area contributed by atoms with Crippen LogP contribution in [0.4, 0.5) is 0 Å². The highest BCUT2D eigenvalue weighted by atomic mass is 16.6. The lowest BCUT2D eigenvalue weighted by Crippen LogP contribution is -2.42. The first kappa shape index (κ1) is 30.9. The van der Waals surface area contributed by atoms with Crippen molar-refractivity contribution in [2.45, 2.75) is 56.4 Å². The number of nitrogens with zero attached hydrogens (tertiary/aromatic N) is 1. The number of aliphatic hydroxyl groups is 1. The standard InChI is InChI=1S/C39H38N2O6/c42-36-35(40-38(43)28-16-5-2-6-17-28)31-19-8-7-14-27(31)15-9-10-21-45-33-20-11-18-29-23-41-24-30(47-39(36)44)22-32(41)37(34(29)33)46-25-26-12-3-1-4-13-26/h1-14,16-20,30,32,35-37,42H,15,21-25H2,(H,40,43)/b10-9-/t30-,32-,35-,36+,37+/m0/s1. The predicted molar refractivity (Wildman–Crippen MR) is 177 cm³/mol. The average molecular weight is 631 g/mol. The van der Waals surface area contributed by atoms with Crippen LogP contribution in [0, 0.1) is 0 Å². The fourth-order valence-electron chi connectivity index (χ4n) is 6.96. The van der Waals surface area contributed by atoms with Crippen LogP contribution in [0.3, 0.4) is 0 Å². The zero-order chi connectivity index (χ0) is 32.2. The van der Waals surface area contributed by atoms with Crippen LogP contribution in [0.2, 0.25) is 0 Å². The molecule has 0 aliphatic carbocycles. The Labute approximate surface area is 274 Å². The molecule has 0 saturated carbocycles. The molecular weight excluding hydrogens is 592 g/mol. The highest BCUT2D eigenvalue weighted by molar-refractivity contribution is 5.95. The topological polar surface area (TPSA) is 97.3 Å². The van der Waals surface area contributed by atoms with E-state index >= 15 is 0 Å². The van der Waals surface area contributed by atoms with Crippen LogP contribution < -0.4 is 10.1 Å². The molecule has 1 amide bonds. The quantitative estimate of drug-likeness (QED) is 0.223. The minimum Gasteiger partial charge on any atom is -0.489 e. The molecule has 3 aliphatic rings. The maximum absolute atomic E-state index is 13.7. The maximum Gasteiger partial charge on any atom is 0.337 e. The molecule has 47 heavy (non-hydrogen) atoms. The maximum atomic E-state index is 13.7. The Hall–Kier alpha value is -4.76. The van der Waals surface area contributed by atoms with Crippen LogP contribution in [0.1, 0.15) is 56.7 Å². The van der Waals surface area contributed by atoms with Crippen molar-refractivity contribution in [3.63, 3.8) is 0 Å². The summed E-state index contributed by atoms with van der Waals surface area (Å²) in [5.41, 5.74) is 5.16. The van der Waals surface area contributed by atoms with Crippen molar-refractivity contribution in [2.24, 2.45) is 0 Å². The zero-order valence-electron chi connectivity index (χ0n) is 26.0. The van der Waals surface area contributed by atoms with Crippen molar-refractivity contribution in [3.8, 4) is 5.75 Å². The Morgan fingerprint density at radius 1 is 0.894 bits per heavy atom. The highest BCUT2D eigenvalue weighted by Gasteiger charge is 2.46. The van der Waals surface area contributed by atoms with Gasteiger partial charge in [-0.1, -0.05) is 97.1 Å². The number of benzene rings is 4. The number of nitrogens with one attached hydrogen (secondary N) is 1. The molecule has 0 unspecified atom stereocenters. The van der Waals surface area contributed by atoms with Gasteiger partial charge in [0.2, 0.25) is 0 Å². The molecule has 0 aromatic heterocycles. The number of amides is 1. The molecule has 4 aromatic carbocycles. The number of esters is 1. The summed E-state index contributed by atoms with van der Waals surface area (Å²) < 4.78 is 19.1. The summed E-state index contributed by atoms with van der Waals surface area (Å²) in [6.07, 6.45) is 2.60. The highest BCUT2D eigenvalue weighted by Crippen LogP contribution is 2.45. The monoisotopic (exact) mass is 630 g/mol. The Balaban J connectivity index is 1.22. The Bertz CT molecular complexity index is 1740. The Morgan fingerprint density at radius 2 is 1.64 bits per heavy atom. The molecule has 0 radical (unpaired) electrons. The van der Waals surface area contributed by atoms with Crippen molar-refractivity contribution >= 4 is 11.9 Å². The Morgan fingerprint density at radius 3 is 2.47 bits per heavy atom. The minimum atomic E-state index is -1.63. The zero-order valence-corrected chi connectivity index (χ0v) is 26.0. The normalized spacial score (nSPS) is 24.8. The number of rotatable bonds is 5. The van der Waals surface area contributed by atoms with E-state index in [0.29, 0.717) is 50.3 Å². The molecule has 3 bridgehead atoms. The summed E-state index contributed by atoms with van der Waals surface area (Å²) in [4.78, 5) is 29.4. The van der Waals surface area contributed by atoms with Crippen LogP contribution in [0.25, 0.3) is 0 Å². The van der Waals surface area contributed by atoms with Crippen molar-refractivity contribution in [3.05, 3.63) is 149 Å². The molecular formula is C39H38N2O6. The number of fused-ring (bicyclic) bond motifs is 2. The summed E-state index contributed by atoms with van der Waals surface area (Å²) >= 11 is 0. The van der Waals surface area contributed by atoms with Crippen LogP contribution in [-0.2, 0) is 33.8 Å². The van der Waals surface area contributed by atoms with Crippen LogP contribution in [0.15, 0.2) is 115 Å². The van der Waals surface area contributed by atoms with E-state index in [-0.39, 0.29) is 12.1 Å². The molecule has 4 aromatic rings. The van der Waals surface area contributed by atoms with Gasteiger partial charge < -0.3 is 24.6 Å². The van der Waals surface area contributed by atoms with Gasteiger partial charge in [0.15, 0.2) is 6.10 Å². The minimum absolute atomic E-state index is 0.0635. The second-order valence-corrected chi connectivity index (χ2v) is 12.3. The van der Waals surface area contributed by atoms with Gasteiger partial charge in [-0.15, -0.1) is 0 Å². The Kier molecular flexibility index (Phi) is 9.15. The van der Waals surface area contributed by atoms with Gasteiger partial charge in [-0.2, -0.15) is 0 Å². The molecule has 3 aliphatic heterocycles. The summed E-state index contributed by atoms with van der Waals surface area (Å²) in [6, 6.07) is 31.4. The van der Waals surface area contributed by atoms with Gasteiger partial charge in [-0.05, 0) is 46.9 Å². The first-order valence-electron chi connectivity index (χ1n) is 16.2. The van der Waals surface area contributed by atoms with E-state index in [2.05, 4.69) is 16.3 Å². The van der Waals surface area contributed by atoms with Gasteiger partial charge in [-0.3, -0.25) is 9.69 Å². The molecule has 3 heterocycles. The van der Waals surface area contributed by atoms with E-state index in [1.54, 1.807) is 24.3 Å². The average Bonchev–Trinajstić information content (AvgIpc) is 3.51. The fraction of sp³-hybridized carbons (Fsp3) is 0.282. The smallest absolute Gasteiger partial charge is 0.337 e. The number of carbonyl (C=O) groups is 2. The van der Waals surface area contributed by atoms with E-state index in [1.807, 2.05) is 84.9 Å². The van der Waals surface area contributed by atoms with E-state index in [9.17, 15) is 14.7 Å². The lowest BCUT2D eigenvalue weighted by Gasteiger charge is -2.38. The van der Waals surface area contributed by atoms with E-state index in [1.165, 1.54) is 0 Å². The third-order valence-corrected chi connectivity index (χ3v) is 9.24. The van der Waals surface area contributed by atoms with Gasteiger partial charge in [-0.25, -0.2) is 4.79 Å². The SMILES string of the molecule is O=C(N[C@H]1c2ccccc2C/C=C\COc2cccc3c2[C@H](OCc2ccccc2)[C@@H]2C[C@@H](CN2C3)OC(=O)[C@@H]1O)c1ccccc1. The van der Waals surface area contributed by atoms with Crippen LogP contribution >= 0.6 is 0 Å². The lowest BCUT2D eigenvalue weighted by atomic mass is 9.90. The van der Waals surface area contributed by atoms with Crippen LogP contribution in [-0.4, -0.2) is 53.3 Å². The molecule has 240 valence electrons. The summed E-state index contributed by atoms with van der Waals surface area (Å²) in [5.74, 6) is -0.378. The molecule has 0 spiro atoms. The largest absolute Gasteiger partial charge is 0.489 e. The molecule has 8 nitrogen and oxygen atoms in total. The molecule has 1 fully saturated rings. The molecule has 2 N–H and O–H groups in total. The van der Waals surface area contributed by atoms with Gasteiger partial charge in [0.1, 0.15) is 24.6 Å². The first-order chi connectivity index (χ1) is 23.0. The van der Waals surface area contributed by atoms with Crippen molar-refractivity contribution < 1.29 is 28.9 Å². The third kappa shape index (κ3) is 6.72. The lowest BCUT2D eigenvalue weighted by molar-refractivity contribution is -0.160. The van der Waals surface area contributed by atoms with E-state index in [0.717, 1.165) is 28.0 Å². The number of aliphatic hydroxyl groups excluding tert-OH is 1. The molecule has 7 rings (SSSR count). The number of hydrogen-bond donors (Lipinski definition) is 2. The van der Waals surface area contributed by atoms with Crippen molar-refractivity contribution in [1.29, 1.82) is 0 Å². The van der Waals surface area contributed by atoms with Crippen molar-refractivity contribution in [2.75, 3.05) is 13.2 Å². The molecule has 5 atom stereocenters. The number of ether oxygens (including phenoxy) is 3. The van der Waals surface area contributed by atoms with Gasteiger partial charge in [0.05, 0.1) is 12.6 Å². The van der Waals surface area contributed by atoms with Gasteiger partial charge in [0, 0.05) is 36.7 Å².